The van der Waals surface area contributed by atoms with E-state index in [4.69, 9.17) is 11.5 Å². The van der Waals surface area contributed by atoms with E-state index in [1.165, 1.54) is 0 Å². The van der Waals surface area contributed by atoms with Gasteiger partial charge in [0.05, 0.1) is 12.5 Å². The number of aliphatic hydroxyl groups is 2. The van der Waals surface area contributed by atoms with Crippen LogP contribution in [0.15, 0.2) is 22.7 Å². The molecule has 0 saturated carbocycles. The second kappa shape index (κ2) is 5.29. The van der Waals surface area contributed by atoms with Gasteiger partial charge in [-0.15, -0.1) is 0 Å². The highest BCUT2D eigenvalue weighted by atomic mass is 79.9. The Morgan fingerprint density at radius 2 is 2.06 bits per heavy atom. The Hall–Kier alpha value is -1.11. The summed E-state index contributed by atoms with van der Waals surface area (Å²) in [6.45, 7) is 0. The predicted molar refractivity (Wildman–Crippen MR) is 63.3 cm³/mol. The second-order valence-corrected chi connectivity index (χ2v) is 4.37. The summed E-state index contributed by atoms with van der Waals surface area (Å²) in [5, 5.41) is 19.3. The number of nitrogens with two attached hydrogens (primary N) is 2. The number of anilines is 1. The molecule has 2 atom stereocenters. The lowest BCUT2D eigenvalue weighted by Gasteiger charge is -2.18. The predicted octanol–water partition coefficient (Wildman–Crippen LogP) is 0.301. The van der Waals surface area contributed by atoms with Crippen LogP contribution in [0.25, 0.3) is 0 Å². The molecule has 0 heterocycles. The maximum Gasteiger partial charge on any atom is 0.220 e. The molecule has 0 bridgehead atoms. The molecular formula is C10H13BrN2O3. The maximum atomic E-state index is 10.6. The van der Waals surface area contributed by atoms with Crippen molar-refractivity contribution < 1.29 is 15.0 Å². The molecule has 1 aromatic rings. The van der Waals surface area contributed by atoms with Gasteiger partial charge in [-0.2, -0.15) is 0 Å². The van der Waals surface area contributed by atoms with Crippen molar-refractivity contribution in [2.45, 2.75) is 18.6 Å². The first-order chi connectivity index (χ1) is 7.41. The Labute approximate surface area is 101 Å². The van der Waals surface area contributed by atoms with Gasteiger partial charge in [-0.3, -0.25) is 4.79 Å². The zero-order valence-electron chi connectivity index (χ0n) is 8.43. The number of amides is 1. The van der Waals surface area contributed by atoms with Crippen LogP contribution < -0.4 is 11.5 Å². The van der Waals surface area contributed by atoms with E-state index in [-0.39, 0.29) is 6.42 Å². The summed E-state index contributed by atoms with van der Waals surface area (Å²) in [7, 11) is 0. The second-order valence-electron chi connectivity index (χ2n) is 3.46. The fourth-order valence-electron chi connectivity index (χ4n) is 1.33. The molecule has 6 N–H and O–H groups in total. The van der Waals surface area contributed by atoms with Crippen LogP contribution in [-0.4, -0.2) is 22.2 Å². The highest BCUT2D eigenvalue weighted by molar-refractivity contribution is 9.10. The number of aliphatic hydroxyl groups excluding tert-OH is 2. The molecule has 2 unspecified atom stereocenters. The van der Waals surface area contributed by atoms with E-state index < -0.39 is 18.1 Å². The van der Waals surface area contributed by atoms with Crippen LogP contribution in [0.4, 0.5) is 5.69 Å². The lowest BCUT2D eigenvalue weighted by Crippen LogP contribution is -2.26. The van der Waals surface area contributed by atoms with Gasteiger partial charge in [-0.05, 0) is 18.2 Å². The van der Waals surface area contributed by atoms with E-state index in [1.807, 2.05) is 0 Å². The van der Waals surface area contributed by atoms with Crippen LogP contribution in [0.3, 0.4) is 0 Å². The molecule has 0 aliphatic rings. The molecule has 88 valence electrons. The van der Waals surface area contributed by atoms with E-state index in [9.17, 15) is 15.0 Å². The van der Waals surface area contributed by atoms with Crippen molar-refractivity contribution in [2.24, 2.45) is 5.73 Å². The lowest BCUT2D eigenvalue weighted by atomic mass is 10.0. The number of hydrogen-bond donors (Lipinski definition) is 4. The molecule has 0 spiro atoms. The van der Waals surface area contributed by atoms with Crippen molar-refractivity contribution in [3.05, 3.63) is 28.2 Å². The van der Waals surface area contributed by atoms with Crippen LogP contribution >= 0.6 is 15.9 Å². The number of benzene rings is 1. The van der Waals surface area contributed by atoms with Crippen molar-refractivity contribution in [1.82, 2.24) is 0 Å². The molecule has 1 aromatic carbocycles. The fourth-order valence-corrected chi connectivity index (χ4v) is 1.71. The number of carbonyl (C=O) groups excluding carboxylic acids is 1. The largest absolute Gasteiger partial charge is 0.398 e. The Morgan fingerprint density at radius 1 is 1.44 bits per heavy atom. The summed E-state index contributed by atoms with van der Waals surface area (Å²) < 4.78 is 0.724. The first kappa shape index (κ1) is 13.0. The minimum Gasteiger partial charge on any atom is -0.398 e. The summed E-state index contributed by atoms with van der Waals surface area (Å²) in [5.41, 5.74) is 11.3. The van der Waals surface area contributed by atoms with E-state index in [0.717, 1.165) is 4.47 Å². The molecule has 16 heavy (non-hydrogen) atoms. The summed E-state index contributed by atoms with van der Waals surface area (Å²) in [5.74, 6) is -0.680. The number of carbonyl (C=O) groups is 1. The fraction of sp³-hybridized carbons (Fsp3) is 0.300. The maximum absolute atomic E-state index is 10.6. The standard InChI is InChI=1S/C10H13BrN2O3/c11-5-1-2-7(12)6(3-5)10(16)8(14)4-9(13)15/h1-3,8,10,14,16H,4,12H2,(H2,13,15). The van der Waals surface area contributed by atoms with E-state index in [0.29, 0.717) is 11.3 Å². The van der Waals surface area contributed by atoms with Gasteiger partial charge in [0.25, 0.3) is 0 Å². The molecular weight excluding hydrogens is 276 g/mol. The van der Waals surface area contributed by atoms with Gasteiger partial charge < -0.3 is 21.7 Å². The summed E-state index contributed by atoms with van der Waals surface area (Å²) in [6.07, 6.45) is -2.80. The Bertz CT molecular complexity index is 398. The topological polar surface area (TPSA) is 110 Å². The molecule has 0 aromatic heterocycles. The SMILES string of the molecule is NC(=O)CC(O)C(O)c1cc(Br)ccc1N. The first-order valence-corrected chi connectivity index (χ1v) is 5.40. The minimum absolute atomic E-state index is 0.312. The molecule has 0 radical (unpaired) electrons. The average molecular weight is 289 g/mol. The van der Waals surface area contributed by atoms with Crippen LogP contribution in [-0.2, 0) is 4.79 Å². The molecule has 6 heteroatoms. The van der Waals surface area contributed by atoms with Crippen molar-refractivity contribution in [2.75, 3.05) is 5.73 Å². The van der Waals surface area contributed by atoms with Gasteiger partial charge in [0, 0.05) is 15.7 Å². The number of hydrogen-bond acceptors (Lipinski definition) is 4. The molecule has 0 saturated heterocycles. The summed E-state index contributed by atoms with van der Waals surface area (Å²) in [6, 6.07) is 4.90. The van der Waals surface area contributed by atoms with Gasteiger partial charge in [0.2, 0.25) is 5.91 Å². The van der Waals surface area contributed by atoms with Gasteiger partial charge in [-0.1, -0.05) is 15.9 Å². The smallest absolute Gasteiger partial charge is 0.220 e. The Balaban J connectivity index is 2.90. The van der Waals surface area contributed by atoms with Crippen LogP contribution in [0.5, 0.6) is 0 Å². The molecule has 1 amide bonds. The van der Waals surface area contributed by atoms with Crippen LogP contribution in [0, 0.1) is 0 Å². The van der Waals surface area contributed by atoms with Crippen molar-refractivity contribution in [3.8, 4) is 0 Å². The Kier molecular flexibility index (Phi) is 4.28. The van der Waals surface area contributed by atoms with Gasteiger partial charge in [-0.25, -0.2) is 0 Å². The molecule has 0 aliphatic carbocycles. The quantitative estimate of drug-likeness (QED) is 0.597. The van der Waals surface area contributed by atoms with Crippen molar-refractivity contribution in [1.29, 1.82) is 0 Å². The lowest BCUT2D eigenvalue weighted by molar-refractivity contribution is -0.121. The summed E-state index contributed by atoms with van der Waals surface area (Å²) in [4.78, 5) is 10.6. The van der Waals surface area contributed by atoms with Crippen molar-refractivity contribution in [3.63, 3.8) is 0 Å². The molecule has 5 nitrogen and oxygen atoms in total. The molecule has 0 aliphatic heterocycles. The number of rotatable bonds is 4. The monoisotopic (exact) mass is 288 g/mol. The Morgan fingerprint density at radius 3 is 2.62 bits per heavy atom. The average Bonchev–Trinajstić information content (AvgIpc) is 2.19. The third kappa shape index (κ3) is 3.19. The third-order valence-corrected chi connectivity index (χ3v) is 2.64. The molecule has 0 fully saturated rings. The van der Waals surface area contributed by atoms with E-state index >= 15 is 0 Å². The van der Waals surface area contributed by atoms with Gasteiger partial charge in [0.15, 0.2) is 0 Å². The molecule has 1 rings (SSSR count). The normalized spacial score (nSPS) is 14.4. The zero-order valence-corrected chi connectivity index (χ0v) is 10.0. The van der Waals surface area contributed by atoms with Crippen molar-refractivity contribution >= 4 is 27.5 Å². The van der Waals surface area contributed by atoms with Gasteiger partial charge >= 0.3 is 0 Å². The first-order valence-electron chi connectivity index (χ1n) is 4.61. The number of nitrogen functional groups attached to an aromatic ring is 1. The van der Waals surface area contributed by atoms with E-state index in [1.54, 1.807) is 18.2 Å². The summed E-state index contributed by atoms with van der Waals surface area (Å²) >= 11 is 3.22. The van der Waals surface area contributed by atoms with Crippen LogP contribution in [0.2, 0.25) is 0 Å². The highest BCUT2D eigenvalue weighted by Crippen LogP contribution is 2.27. The van der Waals surface area contributed by atoms with E-state index in [2.05, 4.69) is 15.9 Å². The zero-order chi connectivity index (χ0) is 12.3. The third-order valence-electron chi connectivity index (χ3n) is 2.14. The number of primary amides is 1. The minimum atomic E-state index is -1.26. The van der Waals surface area contributed by atoms with Crippen LogP contribution in [0.1, 0.15) is 18.1 Å². The highest BCUT2D eigenvalue weighted by Gasteiger charge is 2.22. The van der Waals surface area contributed by atoms with Gasteiger partial charge in [0.1, 0.15) is 6.10 Å². The number of halogens is 1.